The average molecular weight is 252 g/mol. The van der Waals surface area contributed by atoms with Crippen molar-refractivity contribution in [3.8, 4) is 0 Å². The Labute approximate surface area is 104 Å². The van der Waals surface area contributed by atoms with Gasteiger partial charge in [-0.05, 0) is 24.6 Å². The number of carbonyl (C=O) groups is 1. The number of nitrogens with two attached hydrogens (primary N) is 1. The van der Waals surface area contributed by atoms with Crippen LogP contribution in [0.25, 0.3) is 0 Å². The Morgan fingerprint density at radius 1 is 1.71 bits per heavy atom. The molecule has 0 aromatic heterocycles. The number of nitrogens with zero attached hydrogens (tertiary/aromatic N) is 3. The molecule has 0 saturated carbocycles. The highest BCUT2D eigenvalue weighted by atomic mass is 32.1. The summed E-state index contributed by atoms with van der Waals surface area (Å²) < 4.78 is 1.33. The van der Waals surface area contributed by atoms with Crippen molar-refractivity contribution < 1.29 is 8.90 Å². The number of urea groups is 1. The Morgan fingerprint density at radius 2 is 2.47 bits per heavy atom. The van der Waals surface area contributed by atoms with Crippen molar-refractivity contribution in [1.82, 2.24) is 5.53 Å². The second-order valence-electron chi connectivity index (χ2n) is 3.63. The van der Waals surface area contributed by atoms with Gasteiger partial charge in [0.1, 0.15) is 5.69 Å². The van der Waals surface area contributed by atoms with Gasteiger partial charge in [-0.25, -0.2) is 4.79 Å². The minimum atomic E-state index is -0.610. The van der Waals surface area contributed by atoms with Crippen molar-refractivity contribution in [2.75, 3.05) is 17.0 Å². The summed E-state index contributed by atoms with van der Waals surface area (Å²) in [6.45, 7) is 2.36. The molecule has 0 aliphatic carbocycles. The molecule has 0 bridgehead atoms. The van der Waals surface area contributed by atoms with Gasteiger partial charge in [0.15, 0.2) is 6.67 Å². The van der Waals surface area contributed by atoms with Gasteiger partial charge in [0, 0.05) is 0 Å². The molecule has 2 rings (SSSR count). The topological polar surface area (TPSA) is 85.8 Å². The third-order valence-corrected chi connectivity index (χ3v) is 2.44. The van der Waals surface area contributed by atoms with Crippen LogP contribution in [0, 0.1) is 6.92 Å². The van der Waals surface area contributed by atoms with E-state index in [9.17, 15) is 4.79 Å². The third kappa shape index (κ3) is 2.53. The summed E-state index contributed by atoms with van der Waals surface area (Å²) in [5, 5.41) is 8.09. The third-order valence-electron chi connectivity index (χ3n) is 2.24. The van der Waals surface area contributed by atoms with E-state index in [2.05, 4.69) is 16.1 Å². The van der Waals surface area contributed by atoms with Crippen molar-refractivity contribution in [3.63, 3.8) is 0 Å². The van der Waals surface area contributed by atoms with Crippen LogP contribution in [0.3, 0.4) is 0 Å². The molecule has 17 heavy (non-hydrogen) atoms. The lowest BCUT2D eigenvalue weighted by Crippen LogP contribution is -2.32. The zero-order valence-electron chi connectivity index (χ0n) is 9.17. The Hall–Kier alpha value is -2.09. The SMILES string of the molecule is Cc1ccc(NC(N)=O)c(N2C[N+]([S-])=NN2)c1. The monoisotopic (exact) mass is 252 g/mol. The number of carbonyl (C=O) groups excluding carboxylic acids is 1. The number of nitrogens with one attached hydrogen (secondary N) is 2. The second-order valence-corrected chi connectivity index (χ2v) is 4.05. The van der Waals surface area contributed by atoms with E-state index < -0.39 is 6.03 Å². The van der Waals surface area contributed by atoms with E-state index in [1.165, 1.54) is 4.10 Å². The fourth-order valence-corrected chi connectivity index (χ4v) is 1.67. The van der Waals surface area contributed by atoms with Crippen LogP contribution in [0.4, 0.5) is 16.2 Å². The van der Waals surface area contributed by atoms with Crippen LogP contribution in [-0.2, 0) is 12.8 Å². The van der Waals surface area contributed by atoms with E-state index in [1.807, 2.05) is 19.1 Å². The number of amides is 2. The first kappa shape index (κ1) is 11.4. The standard InChI is InChI=1S/C9H12N6OS/c1-6-2-3-7(11-9(10)16)8(4-6)14-5-15(17)13-12-14/h2-4,12H,5H2,1H3,(H3,10,11,16). The molecular weight excluding hydrogens is 240 g/mol. The van der Waals surface area contributed by atoms with Crippen molar-refractivity contribution in [2.45, 2.75) is 6.92 Å². The van der Waals surface area contributed by atoms with Crippen LogP contribution in [0.5, 0.6) is 0 Å². The maximum absolute atomic E-state index is 10.9. The van der Waals surface area contributed by atoms with E-state index in [1.54, 1.807) is 11.1 Å². The summed E-state index contributed by atoms with van der Waals surface area (Å²) in [4.78, 5) is 10.9. The number of aryl methyl sites for hydroxylation is 1. The van der Waals surface area contributed by atoms with Gasteiger partial charge in [-0.3, -0.25) is 4.10 Å². The Bertz CT molecular complexity index is 488. The van der Waals surface area contributed by atoms with Crippen LogP contribution >= 0.6 is 0 Å². The lowest BCUT2D eigenvalue weighted by atomic mass is 10.2. The first-order valence-electron chi connectivity index (χ1n) is 4.92. The molecule has 2 amide bonds. The van der Waals surface area contributed by atoms with Crippen LogP contribution in [0.2, 0.25) is 0 Å². The fraction of sp³-hybridized carbons (Fsp3) is 0.222. The first-order chi connectivity index (χ1) is 8.06. The predicted molar refractivity (Wildman–Crippen MR) is 64.9 cm³/mol. The smallest absolute Gasteiger partial charge is 0.316 e. The van der Waals surface area contributed by atoms with Gasteiger partial charge in [0.25, 0.3) is 0 Å². The molecule has 1 aliphatic heterocycles. The molecule has 0 fully saturated rings. The molecule has 0 spiro atoms. The molecule has 1 heterocycles. The van der Waals surface area contributed by atoms with Crippen LogP contribution in [0.15, 0.2) is 23.4 Å². The Kier molecular flexibility index (Phi) is 2.96. The molecule has 0 saturated heterocycles. The molecule has 0 atom stereocenters. The highest BCUT2D eigenvalue weighted by molar-refractivity contribution is 7.51. The van der Waals surface area contributed by atoms with E-state index in [-0.39, 0.29) is 0 Å². The number of hydrogen-bond donors (Lipinski definition) is 3. The van der Waals surface area contributed by atoms with Gasteiger partial charge in [0.2, 0.25) is 0 Å². The van der Waals surface area contributed by atoms with E-state index in [0.717, 1.165) is 11.3 Å². The Balaban J connectivity index is 2.30. The minimum Gasteiger partial charge on any atom is -0.532 e. The predicted octanol–water partition coefficient (Wildman–Crippen LogP) is 0.609. The molecular formula is C9H12N6OS. The number of rotatable bonds is 2. The van der Waals surface area contributed by atoms with E-state index in [4.69, 9.17) is 18.5 Å². The molecule has 90 valence electrons. The van der Waals surface area contributed by atoms with E-state index in [0.29, 0.717) is 12.4 Å². The largest absolute Gasteiger partial charge is 0.532 e. The van der Waals surface area contributed by atoms with Gasteiger partial charge >= 0.3 is 6.03 Å². The molecule has 4 N–H and O–H groups in total. The Morgan fingerprint density at radius 3 is 3.06 bits per heavy atom. The number of anilines is 2. The average Bonchev–Trinajstić information content (AvgIpc) is 2.67. The maximum Gasteiger partial charge on any atom is 0.316 e. The number of hydrazine groups is 1. The normalized spacial score (nSPS) is 14.2. The van der Waals surface area contributed by atoms with Crippen LogP contribution in [0.1, 0.15) is 5.56 Å². The summed E-state index contributed by atoms with van der Waals surface area (Å²) in [7, 11) is 0. The van der Waals surface area contributed by atoms with Gasteiger partial charge in [-0.2, -0.15) is 5.01 Å². The summed E-state index contributed by atoms with van der Waals surface area (Å²) in [5.74, 6) is 0. The molecule has 1 aliphatic rings. The number of primary amides is 1. The minimum absolute atomic E-state index is 0.409. The fourth-order valence-electron chi connectivity index (χ4n) is 1.52. The molecule has 7 nitrogen and oxygen atoms in total. The number of hydrogen-bond acceptors (Lipinski definition) is 5. The second kappa shape index (κ2) is 4.42. The molecule has 0 unspecified atom stereocenters. The summed E-state index contributed by atoms with van der Waals surface area (Å²) in [6, 6.07) is 4.96. The lowest BCUT2D eigenvalue weighted by Gasteiger charge is -2.16. The van der Waals surface area contributed by atoms with Crippen LogP contribution in [-0.4, -0.2) is 16.8 Å². The quantitative estimate of drug-likeness (QED) is 0.531. The van der Waals surface area contributed by atoms with Crippen molar-refractivity contribution in [3.05, 3.63) is 23.8 Å². The molecule has 1 aromatic carbocycles. The van der Waals surface area contributed by atoms with Crippen molar-refractivity contribution in [2.24, 2.45) is 11.0 Å². The summed E-state index contributed by atoms with van der Waals surface area (Å²) in [5.41, 5.74) is 10.3. The van der Waals surface area contributed by atoms with Gasteiger partial charge in [-0.1, -0.05) is 11.6 Å². The summed E-state index contributed by atoms with van der Waals surface area (Å²) in [6.07, 6.45) is 0. The van der Waals surface area contributed by atoms with Crippen molar-refractivity contribution >= 4 is 30.2 Å². The summed E-state index contributed by atoms with van der Waals surface area (Å²) >= 11 is 4.89. The molecule has 0 radical (unpaired) electrons. The molecule has 8 heteroatoms. The highest BCUT2D eigenvalue weighted by Crippen LogP contribution is 2.26. The highest BCUT2D eigenvalue weighted by Gasteiger charge is 2.20. The first-order valence-corrected chi connectivity index (χ1v) is 5.28. The lowest BCUT2D eigenvalue weighted by molar-refractivity contribution is -0.407. The zero-order valence-corrected chi connectivity index (χ0v) is 9.99. The maximum atomic E-state index is 10.9. The van der Waals surface area contributed by atoms with Crippen molar-refractivity contribution in [1.29, 1.82) is 0 Å². The number of benzene rings is 1. The van der Waals surface area contributed by atoms with Gasteiger partial charge in [0.05, 0.1) is 10.9 Å². The molecule has 1 aromatic rings. The zero-order chi connectivity index (χ0) is 12.4. The van der Waals surface area contributed by atoms with E-state index >= 15 is 0 Å². The van der Waals surface area contributed by atoms with Gasteiger partial charge < -0.3 is 23.9 Å². The van der Waals surface area contributed by atoms with Crippen LogP contribution < -0.4 is 21.6 Å². The van der Waals surface area contributed by atoms with Gasteiger partial charge in [-0.15, -0.1) is 0 Å².